The van der Waals surface area contributed by atoms with Crippen molar-refractivity contribution in [1.29, 1.82) is 0 Å². The summed E-state index contributed by atoms with van der Waals surface area (Å²) in [5.41, 5.74) is 1.41. The highest BCUT2D eigenvalue weighted by Gasteiger charge is 2.22. The molecule has 0 aromatic carbocycles. The van der Waals surface area contributed by atoms with Gasteiger partial charge in [-0.15, -0.1) is 0 Å². The van der Waals surface area contributed by atoms with Crippen molar-refractivity contribution in [2.24, 2.45) is 5.92 Å². The SMILES string of the molecule is Cc1cc(C2CCC(C)CC2)n(O)c(=O)c1. The van der Waals surface area contributed by atoms with E-state index in [0.29, 0.717) is 5.92 Å². The molecule has 1 aromatic heterocycles. The molecule has 1 aliphatic carbocycles. The van der Waals surface area contributed by atoms with Crippen molar-refractivity contribution in [2.75, 3.05) is 0 Å². The van der Waals surface area contributed by atoms with Crippen LogP contribution in [0.2, 0.25) is 0 Å². The third-order valence-corrected chi connectivity index (χ3v) is 3.61. The average molecular weight is 221 g/mol. The van der Waals surface area contributed by atoms with Gasteiger partial charge < -0.3 is 5.21 Å². The lowest BCUT2D eigenvalue weighted by Crippen LogP contribution is -2.24. The van der Waals surface area contributed by atoms with Gasteiger partial charge in [0.25, 0.3) is 5.56 Å². The second kappa shape index (κ2) is 4.32. The zero-order valence-corrected chi connectivity index (χ0v) is 9.94. The molecule has 1 heterocycles. The Hall–Kier alpha value is -1.25. The molecule has 0 spiro atoms. The van der Waals surface area contributed by atoms with E-state index in [4.69, 9.17) is 0 Å². The van der Waals surface area contributed by atoms with Crippen LogP contribution in [0.25, 0.3) is 0 Å². The molecule has 1 aromatic rings. The molecule has 0 atom stereocenters. The first-order valence-electron chi connectivity index (χ1n) is 6.01. The van der Waals surface area contributed by atoms with Gasteiger partial charge in [0, 0.05) is 12.0 Å². The highest BCUT2D eigenvalue weighted by Crippen LogP contribution is 2.34. The summed E-state index contributed by atoms with van der Waals surface area (Å²) in [6.45, 7) is 4.16. The maximum Gasteiger partial charge on any atom is 0.283 e. The number of hydrogen-bond donors (Lipinski definition) is 1. The molecule has 1 aliphatic rings. The largest absolute Gasteiger partial charge is 0.425 e. The Kier molecular flexibility index (Phi) is 3.03. The zero-order chi connectivity index (χ0) is 11.7. The van der Waals surface area contributed by atoms with E-state index in [-0.39, 0.29) is 5.56 Å². The summed E-state index contributed by atoms with van der Waals surface area (Å²) in [6, 6.07) is 3.40. The van der Waals surface area contributed by atoms with Crippen molar-refractivity contribution in [3.63, 3.8) is 0 Å². The number of aromatic nitrogens is 1. The van der Waals surface area contributed by atoms with Crippen LogP contribution in [-0.4, -0.2) is 9.94 Å². The Bertz CT molecular complexity index is 428. The minimum Gasteiger partial charge on any atom is -0.425 e. The van der Waals surface area contributed by atoms with Crippen LogP contribution in [0.1, 0.15) is 49.8 Å². The number of hydrogen-bond acceptors (Lipinski definition) is 2. The van der Waals surface area contributed by atoms with Gasteiger partial charge in [-0.05, 0) is 37.3 Å². The van der Waals surface area contributed by atoms with Crippen molar-refractivity contribution < 1.29 is 5.21 Å². The van der Waals surface area contributed by atoms with Gasteiger partial charge in [0.05, 0.1) is 5.69 Å². The van der Waals surface area contributed by atoms with Crippen LogP contribution in [0.3, 0.4) is 0 Å². The van der Waals surface area contributed by atoms with Gasteiger partial charge in [0.2, 0.25) is 0 Å². The molecule has 2 rings (SSSR count). The topological polar surface area (TPSA) is 42.2 Å². The highest BCUT2D eigenvalue weighted by atomic mass is 16.5. The molecule has 0 bridgehead atoms. The Balaban J connectivity index is 2.30. The van der Waals surface area contributed by atoms with E-state index in [0.717, 1.165) is 34.7 Å². The van der Waals surface area contributed by atoms with E-state index in [1.165, 1.54) is 18.9 Å². The fraction of sp³-hybridized carbons (Fsp3) is 0.615. The van der Waals surface area contributed by atoms with Crippen molar-refractivity contribution in [2.45, 2.75) is 45.4 Å². The fourth-order valence-electron chi connectivity index (χ4n) is 2.57. The number of pyridine rings is 1. The Morgan fingerprint density at radius 3 is 2.50 bits per heavy atom. The molecule has 1 fully saturated rings. The minimum atomic E-state index is -0.311. The highest BCUT2D eigenvalue weighted by molar-refractivity contribution is 5.19. The van der Waals surface area contributed by atoms with E-state index >= 15 is 0 Å². The lowest BCUT2D eigenvalue weighted by molar-refractivity contribution is 0.154. The van der Waals surface area contributed by atoms with Gasteiger partial charge in [-0.25, -0.2) is 0 Å². The standard InChI is InChI=1S/C13H19NO2/c1-9-3-5-11(6-4-9)12-7-10(2)8-13(15)14(12)16/h7-9,11,16H,3-6H2,1-2H3. The molecular weight excluding hydrogens is 202 g/mol. The third kappa shape index (κ3) is 2.13. The van der Waals surface area contributed by atoms with Gasteiger partial charge in [-0.3, -0.25) is 4.79 Å². The van der Waals surface area contributed by atoms with Crippen LogP contribution in [0, 0.1) is 12.8 Å². The first-order chi connectivity index (χ1) is 7.58. The molecule has 1 saturated carbocycles. The van der Waals surface area contributed by atoms with Gasteiger partial charge in [0.15, 0.2) is 0 Å². The van der Waals surface area contributed by atoms with Crippen LogP contribution >= 0.6 is 0 Å². The lowest BCUT2D eigenvalue weighted by Gasteiger charge is -2.27. The molecular formula is C13H19NO2. The summed E-state index contributed by atoms with van der Waals surface area (Å²) < 4.78 is 0.827. The normalized spacial score (nSPS) is 25.6. The van der Waals surface area contributed by atoms with E-state index in [2.05, 4.69) is 6.92 Å². The number of rotatable bonds is 1. The number of nitrogens with zero attached hydrogens (tertiary/aromatic N) is 1. The Morgan fingerprint density at radius 2 is 1.88 bits per heavy atom. The van der Waals surface area contributed by atoms with Crippen LogP contribution in [0.5, 0.6) is 0 Å². The van der Waals surface area contributed by atoms with E-state index in [1.54, 1.807) is 0 Å². The molecule has 0 amide bonds. The Labute approximate surface area is 95.7 Å². The molecule has 16 heavy (non-hydrogen) atoms. The molecule has 0 saturated heterocycles. The van der Waals surface area contributed by atoms with Gasteiger partial charge in [-0.2, -0.15) is 4.73 Å². The lowest BCUT2D eigenvalue weighted by atomic mass is 9.81. The first-order valence-corrected chi connectivity index (χ1v) is 6.01. The van der Waals surface area contributed by atoms with E-state index in [1.807, 2.05) is 13.0 Å². The molecule has 3 heteroatoms. The van der Waals surface area contributed by atoms with Gasteiger partial charge >= 0.3 is 0 Å². The second-order valence-corrected chi connectivity index (χ2v) is 5.06. The van der Waals surface area contributed by atoms with Crippen LogP contribution in [-0.2, 0) is 0 Å². The second-order valence-electron chi connectivity index (χ2n) is 5.06. The van der Waals surface area contributed by atoms with Crippen LogP contribution < -0.4 is 5.56 Å². The molecule has 1 N–H and O–H groups in total. The monoisotopic (exact) mass is 221 g/mol. The summed E-state index contributed by atoms with van der Waals surface area (Å²) in [4.78, 5) is 11.5. The van der Waals surface area contributed by atoms with Crippen molar-refractivity contribution >= 4 is 0 Å². The first kappa shape index (κ1) is 11.2. The smallest absolute Gasteiger partial charge is 0.283 e. The summed E-state index contributed by atoms with van der Waals surface area (Å²) in [5.74, 6) is 1.12. The van der Waals surface area contributed by atoms with Gasteiger partial charge in [0.1, 0.15) is 0 Å². The van der Waals surface area contributed by atoms with Crippen LogP contribution in [0.15, 0.2) is 16.9 Å². The zero-order valence-electron chi connectivity index (χ0n) is 9.94. The summed E-state index contributed by atoms with van der Waals surface area (Å²) in [6.07, 6.45) is 4.52. The molecule has 0 aliphatic heterocycles. The summed E-state index contributed by atoms with van der Waals surface area (Å²) in [7, 11) is 0. The molecule has 0 radical (unpaired) electrons. The molecule has 0 unspecified atom stereocenters. The number of aryl methyl sites for hydroxylation is 1. The Morgan fingerprint density at radius 1 is 1.25 bits per heavy atom. The maximum atomic E-state index is 11.5. The predicted molar refractivity (Wildman–Crippen MR) is 63.0 cm³/mol. The average Bonchev–Trinajstić information content (AvgIpc) is 2.25. The third-order valence-electron chi connectivity index (χ3n) is 3.61. The molecule has 88 valence electrons. The van der Waals surface area contributed by atoms with E-state index in [9.17, 15) is 10.0 Å². The predicted octanol–water partition coefficient (Wildman–Crippen LogP) is 2.69. The van der Waals surface area contributed by atoms with Crippen molar-refractivity contribution in [3.05, 3.63) is 33.7 Å². The van der Waals surface area contributed by atoms with E-state index < -0.39 is 0 Å². The van der Waals surface area contributed by atoms with Crippen molar-refractivity contribution in [3.8, 4) is 0 Å². The summed E-state index contributed by atoms with van der Waals surface area (Å²) in [5, 5.41) is 9.74. The van der Waals surface area contributed by atoms with Crippen LogP contribution in [0.4, 0.5) is 0 Å². The summed E-state index contributed by atoms with van der Waals surface area (Å²) >= 11 is 0. The van der Waals surface area contributed by atoms with Gasteiger partial charge in [-0.1, -0.05) is 19.8 Å². The molecule has 3 nitrogen and oxygen atoms in total. The fourth-order valence-corrected chi connectivity index (χ4v) is 2.57. The maximum absolute atomic E-state index is 11.5. The quantitative estimate of drug-likeness (QED) is 0.741. The minimum absolute atomic E-state index is 0.311. The van der Waals surface area contributed by atoms with Crippen molar-refractivity contribution in [1.82, 2.24) is 4.73 Å².